The average molecular weight is 376 g/mol. The number of hydrogen-bond acceptors (Lipinski definition) is 2. The minimum Gasteiger partial charge on any atom is -0.493 e. The van der Waals surface area contributed by atoms with Crippen molar-refractivity contribution in [2.45, 2.75) is 46.5 Å². The number of rotatable bonds is 6. The second-order valence-electron chi connectivity index (χ2n) is 7.67. The van der Waals surface area contributed by atoms with Crippen LogP contribution in [0.15, 0.2) is 54.6 Å². The number of carbonyl (C=O) groups excluding carboxylic acids is 1. The van der Waals surface area contributed by atoms with Crippen LogP contribution < -0.4 is 10.1 Å². The lowest BCUT2D eigenvalue weighted by atomic mass is 9.92. The SMILES string of the molecule is CCOc1ccc2ccccc2c1C(=O)Nc1c(C(C)C)cccc1C(C)C. The van der Waals surface area contributed by atoms with Crippen LogP contribution in [0.5, 0.6) is 5.75 Å². The first kappa shape index (κ1) is 19.9. The topological polar surface area (TPSA) is 38.3 Å². The van der Waals surface area contributed by atoms with E-state index in [1.807, 2.05) is 43.3 Å². The molecule has 3 rings (SSSR count). The maximum absolute atomic E-state index is 13.5. The number of benzene rings is 3. The maximum atomic E-state index is 13.5. The van der Waals surface area contributed by atoms with E-state index in [1.165, 1.54) is 0 Å². The molecule has 0 saturated heterocycles. The zero-order valence-corrected chi connectivity index (χ0v) is 17.4. The van der Waals surface area contributed by atoms with Gasteiger partial charge in [-0.25, -0.2) is 0 Å². The molecule has 0 unspecified atom stereocenters. The van der Waals surface area contributed by atoms with Crippen LogP contribution in [0.1, 0.15) is 67.9 Å². The van der Waals surface area contributed by atoms with E-state index in [4.69, 9.17) is 4.74 Å². The minimum absolute atomic E-state index is 0.129. The molecule has 3 nitrogen and oxygen atoms in total. The number of para-hydroxylation sites is 1. The van der Waals surface area contributed by atoms with Crippen LogP contribution >= 0.6 is 0 Å². The Kier molecular flexibility index (Phi) is 6.03. The molecule has 28 heavy (non-hydrogen) atoms. The Morgan fingerprint density at radius 3 is 2.14 bits per heavy atom. The number of nitrogens with one attached hydrogen (secondary N) is 1. The van der Waals surface area contributed by atoms with E-state index in [-0.39, 0.29) is 5.91 Å². The monoisotopic (exact) mass is 375 g/mol. The molecule has 0 atom stereocenters. The van der Waals surface area contributed by atoms with E-state index in [0.29, 0.717) is 29.8 Å². The molecule has 1 N–H and O–H groups in total. The fourth-order valence-corrected chi connectivity index (χ4v) is 3.63. The third-order valence-electron chi connectivity index (χ3n) is 5.03. The number of amides is 1. The molecule has 0 bridgehead atoms. The summed E-state index contributed by atoms with van der Waals surface area (Å²) in [7, 11) is 0. The normalized spacial score (nSPS) is 11.2. The van der Waals surface area contributed by atoms with Crippen molar-refractivity contribution in [3.05, 3.63) is 71.3 Å². The molecule has 0 aliphatic carbocycles. The average Bonchev–Trinajstić information content (AvgIpc) is 2.67. The number of carbonyl (C=O) groups is 1. The predicted octanol–water partition coefficient (Wildman–Crippen LogP) is 6.74. The highest BCUT2D eigenvalue weighted by Crippen LogP contribution is 2.34. The highest BCUT2D eigenvalue weighted by molar-refractivity contribution is 6.15. The zero-order chi connectivity index (χ0) is 20.3. The second kappa shape index (κ2) is 8.47. The van der Waals surface area contributed by atoms with Crippen molar-refractivity contribution >= 4 is 22.4 Å². The van der Waals surface area contributed by atoms with Gasteiger partial charge in [0.2, 0.25) is 0 Å². The molecule has 0 saturated carbocycles. The Labute approximate surface area is 167 Å². The van der Waals surface area contributed by atoms with Gasteiger partial charge < -0.3 is 10.1 Å². The third kappa shape index (κ3) is 3.89. The highest BCUT2D eigenvalue weighted by atomic mass is 16.5. The fraction of sp³-hybridized carbons (Fsp3) is 0.320. The van der Waals surface area contributed by atoms with Crippen LogP contribution in [0.2, 0.25) is 0 Å². The van der Waals surface area contributed by atoms with Crippen LogP contribution in [-0.4, -0.2) is 12.5 Å². The minimum atomic E-state index is -0.129. The quantitative estimate of drug-likeness (QED) is 0.518. The predicted molar refractivity (Wildman–Crippen MR) is 118 cm³/mol. The van der Waals surface area contributed by atoms with Gasteiger partial charge in [-0.1, -0.05) is 76.2 Å². The summed E-state index contributed by atoms with van der Waals surface area (Å²) in [5.41, 5.74) is 3.82. The summed E-state index contributed by atoms with van der Waals surface area (Å²) >= 11 is 0. The summed E-state index contributed by atoms with van der Waals surface area (Å²) in [6.07, 6.45) is 0. The Morgan fingerprint density at radius 1 is 0.893 bits per heavy atom. The summed E-state index contributed by atoms with van der Waals surface area (Å²) < 4.78 is 5.80. The standard InChI is InChI=1S/C25H29NO2/c1-6-28-22-15-14-18-10-7-8-11-21(18)23(22)25(27)26-24-19(16(2)3)12-9-13-20(24)17(4)5/h7-17H,6H2,1-5H3,(H,26,27). The Bertz CT molecular complexity index is 963. The van der Waals surface area contributed by atoms with Gasteiger partial charge >= 0.3 is 0 Å². The Morgan fingerprint density at radius 2 is 1.54 bits per heavy atom. The summed E-state index contributed by atoms with van der Waals surface area (Å²) in [5.74, 6) is 1.11. The van der Waals surface area contributed by atoms with E-state index < -0.39 is 0 Å². The molecule has 0 aliphatic heterocycles. The van der Waals surface area contributed by atoms with Crippen molar-refractivity contribution < 1.29 is 9.53 Å². The van der Waals surface area contributed by atoms with Crippen LogP contribution in [0.25, 0.3) is 10.8 Å². The first-order valence-corrected chi connectivity index (χ1v) is 10.0. The van der Waals surface area contributed by atoms with Crippen LogP contribution in [0, 0.1) is 0 Å². The van der Waals surface area contributed by atoms with Crippen LogP contribution in [-0.2, 0) is 0 Å². The van der Waals surface area contributed by atoms with Gasteiger partial charge in [0, 0.05) is 5.69 Å². The van der Waals surface area contributed by atoms with Crippen molar-refractivity contribution in [2.75, 3.05) is 11.9 Å². The Balaban J connectivity index is 2.13. The molecule has 0 fully saturated rings. The summed E-state index contributed by atoms with van der Waals surface area (Å²) in [6, 6.07) is 18.1. The van der Waals surface area contributed by atoms with Crippen molar-refractivity contribution in [1.29, 1.82) is 0 Å². The van der Waals surface area contributed by atoms with E-state index in [0.717, 1.165) is 27.6 Å². The maximum Gasteiger partial charge on any atom is 0.260 e. The Hall–Kier alpha value is -2.81. The zero-order valence-electron chi connectivity index (χ0n) is 17.4. The summed E-state index contributed by atoms with van der Waals surface area (Å²) in [4.78, 5) is 13.5. The third-order valence-corrected chi connectivity index (χ3v) is 5.03. The van der Waals surface area contributed by atoms with Gasteiger partial charge in [0.15, 0.2) is 0 Å². The van der Waals surface area contributed by atoms with E-state index >= 15 is 0 Å². The molecule has 0 spiro atoms. The molecule has 3 aromatic rings. The van der Waals surface area contributed by atoms with Gasteiger partial charge in [0.1, 0.15) is 5.75 Å². The van der Waals surface area contributed by atoms with Gasteiger partial charge in [-0.3, -0.25) is 4.79 Å². The van der Waals surface area contributed by atoms with E-state index in [2.05, 4.69) is 51.2 Å². The second-order valence-corrected chi connectivity index (χ2v) is 7.67. The molecule has 0 heterocycles. The number of ether oxygens (including phenoxy) is 1. The molecular formula is C25H29NO2. The van der Waals surface area contributed by atoms with Crippen molar-refractivity contribution in [1.82, 2.24) is 0 Å². The van der Waals surface area contributed by atoms with E-state index in [9.17, 15) is 4.79 Å². The molecule has 0 aliphatic rings. The first-order chi connectivity index (χ1) is 13.4. The summed E-state index contributed by atoms with van der Waals surface area (Å²) in [6.45, 7) is 11.1. The van der Waals surface area contributed by atoms with Gasteiger partial charge in [-0.2, -0.15) is 0 Å². The van der Waals surface area contributed by atoms with Crippen molar-refractivity contribution in [3.8, 4) is 5.75 Å². The van der Waals surface area contributed by atoms with Crippen molar-refractivity contribution in [2.24, 2.45) is 0 Å². The van der Waals surface area contributed by atoms with Gasteiger partial charge in [-0.05, 0) is 46.7 Å². The molecule has 1 amide bonds. The number of fused-ring (bicyclic) bond motifs is 1. The fourth-order valence-electron chi connectivity index (χ4n) is 3.63. The molecule has 0 aromatic heterocycles. The lowest BCUT2D eigenvalue weighted by Crippen LogP contribution is -2.17. The van der Waals surface area contributed by atoms with E-state index in [1.54, 1.807) is 0 Å². The lowest BCUT2D eigenvalue weighted by Gasteiger charge is -2.21. The smallest absolute Gasteiger partial charge is 0.260 e. The highest BCUT2D eigenvalue weighted by Gasteiger charge is 2.21. The first-order valence-electron chi connectivity index (χ1n) is 10.0. The van der Waals surface area contributed by atoms with Gasteiger partial charge in [0.25, 0.3) is 5.91 Å². The molecule has 146 valence electrons. The van der Waals surface area contributed by atoms with Crippen molar-refractivity contribution in [3.63, 3.8) is 0 Å². The van der Waals surface area contributed by atoms with Gasteiger partial charge in [-0.15, -0.1) is 0 Å². The van der Waals surface area contributed by atoms with Crippen LogP contribution in [0.4, 0.5) is 5.69 Å². The molecule has 0 radical (unpaired) electrons. The molecular weight excluding hydrogens is 346 g/mol. The number of anilines is 1. The summed E-state index contributed by atoms with van der Waals surface area (Å²) in [5, 5.41) is 5.16. The van der Waals surface area contributed by atoms with Crippen LogP contribution in [0.3, 0.4) is 0 Å². The molecule has 3 heteroatoms. The van der Waals surface area contributed by atoms with Gasteiger partial charge in [0.05, 0.1) is 12.2 Å². The molecule has 3 aromatic carbocycles. The number of hydrogen-bond donors (Lipinski definition) is 1. The largest absolute Gasteiger partial charge is 0.493 e. The lowest BCUT2D eigenvalue weighted by molar-refractivity contribution is 0.102.